The molecule has 2 aromatic rings. The molecule has 5 nitrogen and oxygen atoms in total. The zero-order valence-corrected chi connectivity index (χ0v) is 13.2. The third kappa shape index (κ3) is 3.17. The molecule has 0 amide bonds. The Hall–Kier alpha value is -1.44. The van der Waals surface area contributed by atoms with Crippen LogP contribution in [0.3, 0.4) is 0 Å². The molecular formula is C13H17N3O2S2. The Morgan fingerprint density at radius 1 is 1.30 bits per heavy atom. The summed E-state index contributed by atoms with van der Waals surface area (Å²) in [7, 11) is -3.59. The molecule has 0 radical (unpaired) electrons. The van der Waals surface area contributed by atoms with E-state index in [9.17, 15) is 8.42 Å². The minimum atomic E-state index is -3.59. The topological polar surface area (TPSA) is 85.1 Å². The Balaban J connectivity index is 2.27. The lowest BCUT2D eigenvalue weighted by atomic mass is 10.1. The highest BCUT2D eigenvalue weighted by Crippen LogP contribution is 2.22. The summed E-state index contributed by atoms with van der Waals surface area (Å²) >= 11 is 1.47. The first-order valence-electron chi connectivity index (χ1n) is 6.07. The monoisotopic (exact) mass is 311 g/mol. The molecule has 0 bridgehead atoms. The van der Waals surface area contributed by atoms with Crippen LogP contribution in [0, 0.1) is 20.8 Å². The summed E-state index contributed by atoms with van der Waals surface area (Å²) in [6.07, 6.45) is 1.73. The van der Waals surface area contributed by atoms with Crippen molar-refractivity contribution in [2.24, 2.45) is 0 Å². The number of aromatic nitrogens is 1. The van der Waals surface area contributed by atoms with Crippen LogP contribution in [0.1, 0.15) is 21.0 Å². The van der Waals surface area contributed by atoms with Crippen molar-refractivity contribution in [3.8, 4) is 0 Å². The fourth-order valence-electron chi connectivity index (χ4n) is 1.85. The van der Waals surface area contributed by atoms with Crippen molar-refractivity contribution in [1.82, 2.24) is 9.71 Å². The minimum Gasteiger partial charge on any atom is -0.399 e. The van der Waals surface area contributed by atoms with Crippen LogP contribution in [-0.2, 0) is 16.6 Å². The second-order valence-corrected chi connectivity index (χ2v) is 7.70. The highest BCUT2D eigenvalue weighted by atomic mass is 32.2. The summed E-state index contributed by atoms with van der Waals surface area (Å²) in [5.41, 5.74) is 7.74. The van der Waals surface area contributed by atoms with E-state index in [0.717, 1.165) is 15.4 Å². The van der Waals surface area contributed by atoms with Crippen LogP contribution in [0.2, 0.25) is 0 Å². The fourth-order valence-corrected chi connectivity index (χ4v) is 4.01. The Kier molecular flexibility index (Phi) is 4.12. The second-order valence-electron chi connectivity index (χ2n) is 4.65. The van der Waals surface area contributed by atoms with Gasteiger partial charge in [-0.1, -0.05) is 0 Å². The maximum absolute atomic E-state index is 12.3. The number of nitrogens with zero attached hydrogens (tertiary/aromatic N) is 1. The molecule has 0 atom stereocenters. The van der Waals surface area contributed by atoms with E-state index in [1.807, 2.05) is 13.8 Å². The van der Waals surface area contributed by atoms with Crippen molar-refractivity contribution in [3.05, 3.63) is 39.3 Å². The quantitative estimate of drug-likeness (QED) is 0.847. The van der Waals surface area contributed by atoms with Crippen molar-refractivity contribution in [2.45, 2.75) is 32.2 Å². The Morgan fingerprint density at radius 3 is 2.60 bits per heavy atom. The summed E-state index contributed by atoms with van der Waals surface area (Å²) in [4.78, 5) is 5.41. The van der Waals surface area contributed by atoms with Crippen LogP contribution < -0.4 is 10.5 Å². The highest BCUT2D eigenvalue weighted by Gasteiger charge is 2.18. The van der Waals surface area contributed by atoms with E-state index in [-0.39, 0.29) is 11.4 Å². The van der Waals surface area contributed by atoms with E-state index in [1.54, 1.807) is 19.2 Å². The van der Waals surface area contributed by atoms with Crippen LogP contribution in [-0.4, -0.2) is 13.4 Å². The van der Waals surface area contributed by atoms with E-state index in [0.29, 0.717) is 11.3 Å². The van der Waals surface area contributed by atoms with Gasteiger partial charge in [0.1, 0.15) is 5.01 Å². The van der Waals surface area contributed by atoms with Crippen LogP contribution in [0.5, 0.6) is 0 Å². The third-order valence-electron chi connectivity index (χ3n) is 3.01. The maximum Gasteiger partial charge on any atom is 0.241 e. The van der Waals surface area contributed by atoms with E-state index in [1.165, 1.54) is 17.4 Å². The van der Waals surface area contributed by atoms with Crippen LogP contribution in [0.15, 0.2) is 23.2 Å². The lowest BCUT2D eigenvalue weighted by Gasteiger charge is -2.11. The predicted octanol–water partition coefficient (Wildman–Crippen LogP) is 2.13. The summed E-state index contributed by atoms with van der Waals surface area (Å²) in [5, 5.41) is 0.740. The molecule has 0 spiro atoms. The maximum atomic E-state index is 12.3. The average Bonchev–Trinajstić information content (AvgIpc) is 2.77. The minimum absolute atomic E-state index is 0.189. The first-order valence-corrected chi connectivity index (χ1v) is 8.37. The van der Waals surface area contributed by atoms with Gasteiger partial charge < -0.3 is 5.73 Å². The molecule has 0 unspecified atom stereocenters. The van der Waals surface area contributed by atoms with Gasteiger partial charge in [0, 0.05) is 16.8 Å². The fraction of sp³-hybridized carbons (Fsp3) is 0.308. The molecule has 3 N–H and O–H groups in total. The number of anilines is 1. The predicted molar refractivity (Wildman–Crippen MR) is 81.2 cm³/mol. The number of aryl methyl sites for hydroxylation is 2. The van der Waals surface area contributed by atoms with Crippen molar-refractivity contribution in [2.75, 3.05) is 5.73 Å². The van der Waals surface area contributed by atoms with E-state index in [4.69, 9.17) is 5.73 Å². The van der Waals surface area contributed by atoms with Crippen LogP contribution in [0.4, 0.5) is 5.69 Å². The van der Waals surface area contributed by atoms with Crippen molar-refractivity contribution in [1.29, 1.82) is 0 Å². The van der Waals surface area contributed by atoms with Gasteiger partial charge in [0.2, 0.25) is 10.0 Å². The van der Waals surface area contributed by atoms with Gasteiger partial charge in [0.15, 0.2) is 0 Å². The molecule has 7 heteroatoms. The van der Waals surface area contributed by atoms with Gasteiger partial charge in [-0.15, -0.1) is 11.3 Å². The lowest BCUT2D eigenvalue weighted by Crippen LogP contribution is -2.24. The molecule has 20 heavy (non-hydrogen) atoms. The number of benzene rings is 1. The Bertz CT molecular complexity index is 736. The largest absolute Gasteiger partial charge is 0.399 e. The first-order chi connectivity index (χ1) is 9.29. The van der Waals surface area contributed by atoms with E-state index >= 15 is 0 Å². The SMILES string of the molecule is Cc1cnc(CNS(=O)(=O)c2cc(N)cc(C)c2C)s1. The number of nitrogen functional groups attached to an aromatic ring is 1. The normalized spacial score (nSPS) is 11.8. The molecule has 0 saturated heterocycles. The van der Waals surface area contributed by atoms with Gasteiger partial charge >= 0.3 is 0 Å². The number of nitrogens with two attached hydrogens (primary N) is 1. The molecule has 0 aliphatic carbocycles. The molecule has 108 valence electrons. The van der Waals surface area contributed by atoms with Gasteiger partial charge in [-0.3, -0.25) is 0 Å². The van der Waals surface area contributed by atoms with Crippen molar-refractivity contribution in [3.63, 3.8) is 0 Å². The number of sulfonamides is 1. The highest BCUT2D eigenvalue weighted by molar-refractivity contribution is 7.89. The van der Waals surface area contributed by atoms with Crippen molar-refractivity contribution >= 4 is 27.0 Å². The molecular weight excluding hydrogens is 294 g/mol. The van der Waals surface area contributed by atoms with Gasteiger partial charge in [0.05, 0.1) is 11.4 Å². The van der Waals surface area contributed by atoms with Crippen molar-refractivity contribution < 1.29 is 8.42 Å². The van der Waals surface area contributed by atoms with E-state index in [2.05, 4.69) is 9.71 Å². The zero-order chi connectivity index (χ0) is 14.9. The number of hydrogen-bond acceptors (Lipinski definition) is 5. The first kappa shape index (κ1) is 15.0. The molecule has 0 aliphatic heterocycles. The lowest BCUT2D eigenvalue weighted by molar-refractivity contribution is 0.580. The summed E-state index contributed by atoms with van der Waals surface area (Å²) < 4.78 is 27.3. The Morgan fingerprint density at radius 2 is 2.00 bits per heavy atom. The molecule has 0 fully saturated rings. The third-order valence-corrected chi connectivity index (χ3v) is 5.45. The molecule has 1 aromatic heterocycles. The van der Waals surface area contributed by atoms with Gasteiger partial charge in [-0.05, 0) is 44.0 Å². The second kappa shape index (κ2) is 5.51. The van der Waals surface area contributed by atoms with Gasteiger partial charge in [-0.25, -0.2) is 18.1 Å². The number of hydrogen-bond donors (Lipinski definition) is 2. The molecule has 1 heterocycles. The summed E-state index contributed by atoms with van der Waals surface area (Å²) in [5.74, 6) is 0. The molecule has 0 saturated carbocycles. The summed E-state index contributed by atoms with van der Waals surface area (Å²) in [6.45, 7) is 5.74. The van der Waals surface area contributed by atoms with Crippen LogP contribution in [0.25, 0.3) is 0 Å². The van der Waals surface area contributed by atoms with Crippen LogP contribution >= 0.6 is 11.3 Å². The molecule has 2 rings (SSSR count). The smallest absolute Gasteiger partial charge is 0.241 e. The summed E-state index contributed by atoms with van der Waals surface area (Å²) in [6, 6.07) is 3.25. The number of thiazole rings is 1. The Labute approximate surface area is 122 Å². The van der Waals surface area contributed by atoms with E-state index < -0.39 is 10.0 Å². The standard InChI is InChI=1S/C13H17N3O2S2/c1-8-4-11(14)5-12(10(8)3)20(17,18)16-7-13-15-6-9(2)19-13/h4-6,16H,7,14H2,1-3H3. The number of rotatable bonds is 4. The molecule has 1 aromatic carbocycles. The molecule has 0 aliphatic rings. The number of nitrogens with one attached hydrogen (secondary N) is 1. The van der Waals surface area contributed by atoms with Gasteiger partial charge in [0.25, 0.3) is 0 Å². The zero-order valence-electron chi connectivity index (χ0n) is 11.6. The average molecular weight is 311 g/mol. The van der Waals surface area contributed by atoms with Gasteiger partial charge in [-0.2, -0.15) is 0 Å².